The van der Waals surface area contributed by atoms with E-state index >= 15 is 0 Å². The molecule has 2 aliphatic rings. The minimum Gasteiger partial charge on any atom is -0.480 e. The van der Waals surface area contributed by atoms with Gasteiger partial charge in [0.05, 0.1) is 0 Å². The average Bonchev–Trinajstić information content (AvgIpc) is 2.11. The second-order valence-electron chi connectivity index (χ2n) is 5.99. The van der Waals surface area contributed by atoms with Gasteiger partial charge in [0.2, 0.25) is 5.91 Å². The number of carboxylic acids is 1. The van der Waals surface area contributed by atoms with Gasteiger partial charge in [-0.05, 0) is 31.1 Å². The number of likely N-dealkylation sites (tertiary alicyclic amines) is 1. The third-order valence-electron chi connectivity index (χ3n) is 4.24. The first-order valence-electron chi connectivity index (χ1n) is 6.47. The second-order valence-corrected chi connectivity index (χ2v) is 5.99. The Morgan fingerprint density at radius 3 is 2.35 bits per heavy atom. The van der Waals surface area contributed by atoms with Gasteiger partial charge in [-0.3, -0.25) is 4.79 Å². The number of amides is 1. The van der Waals surface area contributed by atoms with E-state index in [0.717, 1.165) is 32.1 Å². The van der Waals surface area contributed by atoms with E-state index in [4.69, 9.17) is 0 Å². The van der Waals surface area contributed by atoms with E-state index in [2.05, 4.69) is 0 Å². The molecule has 1 heterocycles. The molecule has 2 rings (SSSR count). The number of carboxylic acid groups (broad SMARTS) is 1. The van der Waals surface area contributed by atoms with E-state index in [9.17, 15) is 14.7 Å². The maximum Gasteiger partial charge on any atom is 0.326 e. The third-order valence-corrected chi connectivity index (χ3v) is 4.24. The van der Waals surface area contributed by atoms with Crippen LogP contribution >= 0.6 is 0 Å². The van der Waals surface area contributed by atoms with Crippen LogP contribution < -0.4 is 0 Å². The standard InChI is InChI=1S/C13H21NO3/c1-13(2)7-4-8-14(10(13)12(16)17)11(15)9-5-3-6-9/h9-10H,3-8H2,1-2H3,(H,16,17). The molecule has 96 valence electrons. The maximum absolute atomic E-state index is 12.2. The van der Waals surface area contributed by atoms with Crippen molar-refractivity contribution in [3.8, 4) is 0 Å². The number of carbonyl (C=O) groups is 2. The molecule has 2 fully saturated rings. The van der Waals surface area contributed by atoms with E-state index in [-0.39, 0.29) is 17.2 Å². The van der Waals surface area contributed by atoms with E-state index in [1.54, 1.807) is 4.90 Å². The van der Waals surface area contributed by atoms with Crippen molar-refractivity contribution in [1.82, 2.24) is 4.90 Å². The molecule has 0 bridgehead atoms. The quantitative estimate of drug-likeness (QED) is 0.800. The first-order valence-corrected chi connectivity index (χ1v) is 6.47. The van der Waals surface area contributed by atoms with E-state index in [1.807, 2.05) is 13.8 Å². The fourth-order valence-electron chi connectivity index (χ4n) is 2.99. The van der Waals surface area contributed by atoms with E-state index < -0.39 is 12.0 Å². The maximum atomic E-state index is 12.2. The van der Waals surface area contributed by atoms with E-state index in [1.165, 1.54) is 0 Å². The number of nitrogens with zero attached hydrogens (tertiary/aromatic N) is 1. The molecule has 0 aromatic heterocycles. The summed E-state index contributed by atoms with van der Waals surface area (Å²) in [6.45, 7) is 4.51. The van der Waals surface area contributed by atoms with Crippen molar-refractivity contribution in [3.63, 3.8) is 0 Å². The molecule has 1 amide bonds. The second kappa shape index (κ2) is 4.31. The summed E-state index contributed by atoms with van der Waals surface area (Å²) in [5.74, 6) is -0.704. The van der Waals surface area contributed by atoms with Crippen molar-refractivity contribution in [2.45, 2.75) is 52.0 Å². The van der Waals surface area contributed by atoms with E-state index in [0.29, 0.717) is 6.54 Å². The van der Waals surface area contributed by atoms with Gasteiger partial charge in [0, 0.05) is 12.5 Å². The van der Waals surface area contributed by atoms with Crippen LogP contribution in [0.2, 0.25) is 0 Å². The summed E-state index contributed by atoms with van der Waals surface area (Å²) in [5, 5.41) is 9.37. The summed E-state index contributed by atoms with van der Waals surface area (Å²) >= 11 is 0. The number of hydrogen-bond acceptors (Lipinski definition) is 2. The highest BCUT2D eigenvalue weighted by Gasteiger charge is 2.46. The van der Waals surface area contributed by atoms with Gasteiger partial charge in [-0.25, -0.2) is 4.79 Å². The fourth-order valence-corrected chi connectivity index (χ4v) is 2.99. The number of hydrogen-bond donors (Lipinski definition) is 1. The minimum atomic E-state index is -0.859. The molecule has 0 spiro atoms. The van der Waals surface area contributed by atoms with Gasteiger partial charge in [-0.2, -0.15) is 0 Å². The fraction of sp³-hybridized carbons (Fsp3) is 0.846. The van der Waals surface area contributed by atoms with Crippen molar-refractivity contribution in [1.29, 1.82) is 0 Å². The highest BCUT2D eigenvalue weighted by Crippen LogP contribution is 2.38. The van der Waals surface area contributed by atoms with Gasteiger partial charge in [0.15, 0.2) is 0 Å². The Balaban J connectivity index is 2.18. The molecule has 1 saturated carbocycles. The molecule has 1 saturated heterocycles. The van der Waals surface area contributed by atoms with Gasteiger partial charge in [-0.1, -0.05) is 20.3 Å². The molecule has 1 N–H and O–H groups in total. The van der Waals surface area contributed by atoms with Crippen molar-refractivity contribution >= 4 is 11.9 Å². The predicted molar refractivity (Wildman–Crippen MR) is 63.5 cm³/mol. The summed E-state index contributed by atoms with van der Waals surface area (Å²) in [5.41, 5.74) is -0.316. The summed E-state index contributed by atoms with van der Waals surface area (Å²) in [6, 6.07) is -0.649. The lowest BCUT2D eigenvalue weighted by atomic mass is 9.75. The van der Waals surface area contributed by atoms with Gasteiger partial charge in [0.25, 0.3) is 0 Å². The Kier molecular flexibility index (Phi) is 3.15. The average molecular weight is 239 g/mol. The summed E-state index contributed by atoms with van der Waals surface area (Å²) in [6.07, 6.45) is 4.75. The lowest BCUT2D eigenvalue weighted by Crippen LogP contribution is -2.58. The monoisotopic (exact) mass is 239 g/mol. The molecule has 1 atom stereocenters. The zero-order chi connectivity index (χ0) is 12.6. The molecule has 17 heavy (non-hydrogen) atoms. The van der Waals surface area contributed by atoms with Crippen molar-refractivity contribution < 1.29 is 14.7 Å². The molecular formula is C13H21NO3. The molecule has 1 aliphatic heterocycles. The van der Waals surface area contributed by atoms with Crippen LogP contribution in [0.4, 0.5) is 0 Å². The molecule has 4 heteroatoms. The van der Waals surface area contributed by atoms with Gasteiger partial charge in [0.1, 0.15) is 6.04 Å². The molecule has 4 nitrogen and oxygen atoms in total. The van der Waals surface area contributed by atoms with Crippen molar-refractivity contribution in [2.24, 2.45) is 11.3 Å². The Morgan fingerprint density at radius 1 is 1.24 bits per heavy atom. The molecule has 0 radical (unpaired) electrons. The summed E-state index contributed by atoms with van der Waals surface area (Å²) in [7, 11) is 0. The van der Waals surface area contributed by atoms with Crippen LogP contribution in [-0.4, -0.2) is 34.5 Å². The van der Waals surface area contributed by atoms with Crippen LogP contribution in [0.5, 0.6) is 0 Å². The first-order chi connectivity index (χ1) is 7.93. The molecule has 1 unspecified atom stereocenters. The molecule has 0 aromatic carbocycles. The van der Waals surface area contributed by atoms with Crippen LogP contribution in [0.3, 0.4) is 0 Å². The van der Waals surface area contributed by atoms with Crippen LogP contribution in [0, 0.1) is 11.3 Å². The summed E-state index contributed by atoms with van der Waals surface area (Å²) in [4.78, 5) is 25.3. The number of carbonyl (C=O) groups excluding carboxylic acids is 1. The molecule has 0 aromatic rings. The SMILES string of the molecule is CC1(C)CCCN(C(=O)C2CCC2)C1C(=O)O. The summed E-state index contributed by atoms with van der Waals surface area (Å²) < 4.78 is 0. The van der Waals surface area contributed by atoms with Crippen molar-refractivity contribution in [3.05, 3.63) is 0 Å². The minimum absolute atomic E-state index is 0.0661. The largest absolute Gasteiger partial charge is 0.480 e. The van der Waals surface area contributed by atoms with Crippen molar-refractivity contribution in [2.75, 3.05) is 6.54 Å². The number of aliphatic carboxylic acids is 1. The smallest absolute Gasteiger partial charge is 0.326 e. The Morgan fingerprint density at radius 2 is 1.88 bits per heavy atom. The Hall–Kier alpha value is -1.06. The lowest BCUT2D eigenvalue weighted by molar-refractivity contribution is -0.162. The zero-order valence-electron chi connectivity index (χ0n) is 10.6. The van der Waals surface area contributed by atoms with Crippen LogP contribution in [0.1, 0.15) is 46.0 Å². The predicted octanol–water partition coefficient (Wildman–Crippen LogP) is 1.89. The molecular weight excluding hydrogens is 218 g/mol. The Labute approximate surface area is 102 Å². The topological polar surface area (TPSA) is 57.6 Å². The number of rotatable bonds is 2. The zero-order valence-corrected chi connectivity index (χ0v) is 10.6. The van der Waals surface area contributed by atoms with Crippen LogP contribution in [0.15, 0.2) is 0 Å². The van der Waals surface area contributed by atoms with Crippen LogP contribution in [-0.2, 0) is 9.59 Å². The van der Waals surface area contributed by atoms with Gasteiger partial charge >= 0.3 is 5.97 Å². The molecule has 1 aliphatic carbocycles. The lowest BCUT2D eigenvalue weighted by Gasteiger charge is -2.46. The highest BCUT2D eigenvalue weighted by atomic mass is 16.4. The van der Waals surface area contributed by atoms with Crippen LogP contribution in [0.25, 0.3) is 0 Å². The van der Waals surface area contributed by atoms with Gasteiger partial charge < -0.3 is 10.0 Å². The van der Waals surface area contributed by atoms with Gasteiger partial charge in [-0.15, -0.1) is 0 Å². The normalized spacial score (nSPS) is 28.6. The third kappa shape index (κ3) is 2.17. The number of piperidine rings is 1. The highest BCUT2D eigenvalue weighted by molar-refractivity contribution is 5.86. The first kappa shape index (κ1) is 12.4. The Bertz CT molecular complexity index is 334.